The molecule has 1 fully saturated rings. The Morgan fingerprint density at radius 2 is 2.10 bits per heavy atom. The summed E-state index contributed by atoms with van der Waals surface area (Å²) < 4.78 is 1.90. The number of aromatic nitrogens is 5. The van der Waals surface area contributed by atoms with Crippen LogP contribution >= 0.6 is 11.8 Å². The molecule has 0 radical (unpaired) electrons. The van der Waals surface area contributed by atoms with Gasteiger partial charge in [0.15, 0.2) is 5.82 Å². The van der Waals surface area contributed by atoms with Gasteiger partial charge in [0.2, 0.25) is 5.95 Å². The zero-order valence-electron chi connectivity index (χ0n) is 16.4. The van der Waals surface area contributed by atoms with E-state index < -0.39 is 0 Å². The van der Waals surface area contributed by atoms with Crippen LogP contribution in [0, 0.1) is 0 Å². The predicted octanol–water partition coefficient (Wildman–Crippen LogP) is 3.97. The van der Waals surface area contributed by atoms with Crippen molar-refractivity contribution >= 4 is 35.1 Å². The molecule has 0 bridgehead atoms. The van der Waals surface area contributed by atoms with Crippen molar-refractivity contribution in [3.8, 4) is 0 Å². The number of aromatic amines is 1. The van der Waals surface area contributed by atoms with E-state index in [4.69, 9.17) is 4.98 Å². The third kappa shape index (κ3) is 3.88. The fourth-order valence-electron chi connectivity index (χ4n) is 3.22. The molecule has 1 amide bonds. The first kappa shape index (κ1) is 18.7. The van der Waals surface area contributed by atoms with Gasteiger partial charge in [0.25, 0.3) is 5.91 Å². The Hall–Kier alpha value is -3.33. The van der Waals surface area contributed by atoms with E-state index in [1.807, 2.05) is 53.9 Å². The fraction of sp³-hybridized carbons (Fsp3) is 0.238. The molecule has 4 aromatic rings. The van der Waals surface area contributed by atoms with Gasteiger partial charge in [-0.25, -0.2) is 9.97 Å². The maximum atomic E-state index is 11.9. The second-order valence-electron chi connectivity index (χ2n) is 7.17. The molecular weight excluding hydrogens is 398 g/mol. The van der Waals surface area contributed by atoms with Crippen molar-refractivity contribution in [2.75, 3.05) is 11.9 Å². The Labute approximate surface area is 177 Å². The predicted molar refractivity (Wildman–Crippen MR) is 115 cm³/mol. The lowest BCUT2D eigenvalue weighted by molar-refractivity contribution is 0.0956. The van der Waals surface area contributed by atoms with Crippen molar-refractivity contribution in [2.24, 2.45) is 0 Å². The maximum Gasteiger partial charge on any atom is 0.251 e. The Morgan fingerprint density at radius 3 is 2.87 bits per heavy atom. The van der Waals surface area contributed by atoms with Gasteiger partial charge in [-0.1, -0.05) is 11.8 Å². The Bertz CT molecular complexity index is 1190. The van der Waals surface area contributed by atoms with Crippen LogP contribution in [0.25, 0.3) is 5.65 Å². The van der Waals surface area contributed by atoms with Crippen LogP contribution in [-0.4, -0.2) is 37.0 Å². The molecule has 1 aliphatic rings. The van der Waals surface area contributed by atoms with Crippen molar-refractivity contribution < 1.29 is 4.79 Å². The molecule has 152 valence electrons. The summed E-state index contributed by atoms with van der Waals surface area (Å²) in [4.78, 5) is 22.1. The van der Waals surface area contributed by atoms with E-state index in [9.17, 15) is 4.79 Å². The Balaban J connectivity index is 1.38. The van der Waals surface area contributed by atoms with Crippen LogP contribution in [-0.2, 0) is 0 Å². The van der Waals surface area contributed by atoms with E-state index in [1.54, 1.807) is 6.20 Å². The lowest BCUT2D eigenvalue weighted by atomic mass is 10.2. The number of carbonyl (C=O) groups excluding carboxylic acids is 1. The number of nitrogens with zero attached hydrogens (tertiary/aromatic N) is 4. The number of imidazole rings is 1. The number of anilines is 2. The molecule has 3 aromatic heterocycles. The van der Waals surface area contributed by atoms with Gasteiger partial charge in [-0.2, -0.15) is 5.10 Å². The largest absolute Gasteiger partial charge is 0.352 e. The zero-order valence-corrected chi connectivity index (χ0v) is 17.2. The lowest BCUT2D eigenvalue weighted by Gasteiger charge is -2.09. The number of carbonyl (C=O) groups is 1. The summed E-state index contributed by atoms with van der Waals surface area (Å²) in [6, 6.07) is 11.5. The van der Waals surface area contributed by atoms with Crippen molar-refractivity contribution in [2.45, 2.75) is 35.6 Å². The van der Waals surface area contributed by atoms with E-state index in [-0.39, 0.29) is 5.91 Å². The van der Waals surface area contributed by atoms with Crippen LogP contribution in [0.2, 0.25) is 0 Å². The average Bonchev–Trinajstić information content (AvgIpc) is 3.30. The van der Waals surface area contributed by atoms with Gasteiger partial charge in [-0.3, -0.25) is 14.3 Å². The normalized spacial score (nSPS) is 13.5. The van der Waals surface area contributed by atoms with Gasteiger partial charge in [-0.15, -0.1) is 0 Å². The maximum absolute atomic E-state index is 11.9. The van der Waals surface area contributed by atoms with Gasteiger partial charge in [0.05, 0.1) is 0 Å². The van der Waals surface area contributed by atoms with Gasteiger partial charge in [-0.05, 0) is 44.0 Å². The summed E-state index contributed by atoms with van der Waals surface area (Å²) in [6.07, 6.45) is 6.06. The summed E-state index contributed by atoms with van der Waals surface area (Å²) in [5.74, 6) is 1.94. The third-order valence-electron chi connectivity index (χ3n) is 4.90. The molecule has 0 aliphatic heterocycles. The van der Waals surface area contributed by atoms with Crippen molar-refractivity contribution in [1.82, 2.24) is 29.9 Å². The van der Waals surface area contributed by atoms with Gasteiger partial charge in [0.1, 0.15) is 10.7 Å². The Kier molecular flexibility index (Phi) is 4.88. The van der Waals surface area contributed by atoms with Crippen LogP contribution in [0.5, 0.6) is 0 Å². The van der Waals surface area contributed by atoms with E-state index in [0.29, 0.717) is 24.0 Å². The van der Waals surface area contributed by atoms with E-state index >= 15 is 0 Å². The molecule has 0 atom stereocenters. The first-order chi connectivity index (χ1) is 14.7. The molecule has 0 spiro atoms. The number of hydrogen-bond donors (Lipinski definition) is 3. The highest BCUT2D eigenvalue weighted by Crippen LogP contribution is 2.39. The smallest absolute Gasteiger partial charge is 0.251 e. The number of nitrogens with one attached hydrogen (secondary N) is 3. The second kappa shape index (κ2) is 7.83. The molecule has 1 aliphatic carbocycles. The molecule has 3 heterocycles. The molecule has 8 nitrogen and oxygen atoms in total. The molecule has 1 aromatic carbocycles. The summed E-state index contributed by atoms with van der Waals surface area (Å²) in [6.45, 7) is 2.51. The highest BCUT2D eigenvalue weighted by atomic mass is 32.2. The molecule has 0 saturated heterocycles. The van der Waals surface area contributed by atoms with Gasteiger partial charge >= 0.3 is 0 Å². The summed E-state index contributed by atoms with van der Waals surface area (Å²) >= 11 is 1.52. The van der Waals surface area contributed by atoms with Crippen molar-refractivity contribution in [1.29, 1.82) is 0 Å². The van der Waals surface area contributed by atoms with Gasteiger partial charge in [0, 0.05) is 53.1 Å². The summed E-state index contributed by atoms with van der Waals surface area (Å²) in [5, 5.41) is 14.4. The third-order valence-corrected chi connectivity index (χ3v) is 5.82. The molecule has 30 heavy (non-hydrogen) atoms. The number of amides is 1. The van der Waals surface area contributed by atoms with Crippen LogP contribution in [0.4, 0.5) is 11.8 Å². The zero-order chi connectivity index (χ0) is 20.5. The molecule has 5 rings (SSSR count). The molecule has 0 unspecified atom stereocenters. The van der Waals surface area contributed by atoms with Crippen molar-refractivity contribution in [3.63, 3.8) is 0 Å². The number of benzene rings is 1. The molecular formula is C21H21N7OS. The number of fused-ring (bicyclic) bond motifs is 1. The van der Waals surface area contributed by atoms with E-state index in [1.165, 1.54) is 24.6 Å². The fourth-order valence-corrected chi connectivity index (χ4v) is 4.03. The minimum absolute atomic E-state index is 0.0676. The van der Waals surface area contributed by atoms with Crippen LogP contribution in [0.1, 0.15) is 41.7 Å². The highest BCUT2D eigenvalue weighted by molar-refractivity contribution is 7.99. The molecule has 9 heteroatoms. The quantitative estimate of drug-likeness (QED) is 0.392. The first-order valence-electron chi connectivity index (χ1n) is 9.92. The monoisotopic (exact) mass is 419 g/mol. The minimum atomic E-state index is -0.0676. The van der Waals surface area contributed by atoms with Crippen LogP contribution in [0.3, 0.4) is 0 Å². The standard InChI is InChI=1S/C21H21N7OS/c1-2-22-20(29)14-5-7-15(8-6-14)30-19-12-18-23-9-10-28(18)21(25-19)24-17-11-16(26-27-17)13-3-4-13/h5-13H,2-4H2,1H3,(H,22,29)(H2,24,25,26,27). The summed E-state index contributed by atoms with van der Waals surface area (Å²) in [7, 11) is 0. The topological polar surface area (TPSA) is 100 Å². The lowest BCUT2D eigenvalue weighted by Crippen LogP contribution is -2.22. The number of rotatable bonds is 7. The van der Waals surface area contributed by atoms with Crippen LogP contribution in [0.15, 0.2) is 58.7 Å². The first-order valence-corrected chi connectivity index (χ1v) is 10.7. The molecule has 1 saturated carbocycles. The van der Waals surface area contributed by atoms with E-state index in [0.717, 1.165) is 27.1 Å². The van der Waals surface area contributed by atoms with E-state index in [2.05, 4.69) is 25.8 Å². The molecule has 3 N–H and O–H groups in total. The average molecular weight is 420 g/mol. The second-order valence-corrected chi connectivity index (χ2v) is 8.26. The van der Waals surface area contributed by atoms with Gasteiger partial charge < -0.3 is 10.6 Å². The minimum Gasteiger partial charge on any atom is -0.352 e. The highest BCUT2D eigenvalue weighted by Gasteiger charge is 2.25. The van der Waals surface area contributed by atoms with Crippen molar-refractivity contribution in [3.05, 3.63) is 60.0 Å². The summed E-state index contributed by atoms with van der Waals surface area (Å²) in [5.41, 5.74) is 2.61. The SMILES string of the molecule is CCNC(=O)c1ccc(Sc2cc3nccn3c(Nc3cc(C4CC4)[nH]n3)n2)cc1. The number of H-pyrrole nitrogens is 1. The Morgan fingerprint density at radius 1 is 1.27 bits per heavy atom. The number of hydrogen-bond acceptors (Lipinski definition) is 6. The van der Waals surface area contributed by atoms with Crippen LogP contribution < -0.4 is 10.6 Å².